The number of aryl methyl sites for hydroxylation is 1. The molecule has 19 heavy (non-hydrogen) atoms. The van der Waals surface area contributed by atoms with E-state index in [0.29, 0.717) is 12.5 Å². The van der Waals surface area contributed by atoms with Crippen molar-refractivity contribution in [2.75, 3.05) is 13.1 Å². The van der Waals surface area contributed by atoms with Gasteiger partial charge in [-0.1, -0.05) is 6.07 Å². The maximum Gasteiger partial charge on any atom is 0.223 e. The number of pyridine rings is 1. The number of amides is 1. The molecular formula is C14H22ClN3O. The zero-order valence-corrected chi connectivity index (χ0v) is 12.3. The topological polar surface area (TPSA) is 45.2 Å². The lowest BCUT2D eigenvalue weighted by Crippen LogP contribution is -2.57. The summed E-state index contributed by atoms with van der Waals surface area (Å²) in [5, 5.41) is 3.38. The molecule has 1 saturated heterocycles. The fourth-order valence-electron chi connectivity index (χ4n) is 2.33. The first kappa shape index (κ1) is 15.9. The molecule has 1 amide bonds. The number of hydrogen-bond acceptors (Lipinski definition) is 3. The summed E-state index contributed by atoms with van der Waals surface area (Å²) in [5.74, 6) is 0.238. The number of carbonyl (C=O) groups is 1. The Kier molecular flexibility index (Phi) is 6.25. The van der Waals surface area contributed by atoms with Crippen molar-refractivity contribution in [3.8, 4) is 0 Å². The Morgan fingerprint density at radius 2 is 2.26 bits per heavy atom. The molecule has 5 heteroatoms. The predicted molar refractivity (Wildman–Crippen MR) is 78.4 cm³/mol. The van der Waals surface area contributed by atoms with E-state index < -0.39 is 0 Å². The molecule has 0 aromatic carbocycles. The van der Waals surface area contributed by atoms with Gasteiger partial charge < -0.3 is 10.2 Å². The molecule has 4 nitrogen and oxygen atoms in total. The SMILES string of the molecule is CC1NCCN(C(=O)CCc2ccccn2)C1C.Cl. The Morgan fingerprint density at radius 1 is 1.47 bits per heavy atom. The molecule has 0 radical (unpaired) electrons. The molecule has 2 heterocycles. The lowest BCUT2D eigenvalue weighted by atomic mass is 10.1. The first-order chi connectivity index (χ1) is 8.68. The minimum absolute atomic E-state index is 0. The monoisotopic (exact) mass is 283 g/mol. The van der Waals surface area contributed by atoms with Gasteiger partial charge in [0.2, 0.25) is 5.91 Å². The third kappa shape index (κ3) is 4.18. The number of carbonyl (C=O) groups excluding carboxylic acids is 1. The number of hydrogen-bond donors (Lipinski definition) is 1. The number of nitrogens with one attached hydrogen (secondary N) is 1. The van der Waals surface area contributed by atoms with Crippen LogP contribution >= 0.6 is 12.4 Å². The maximum absolute atomic E-state index is 12.2. The van der Waals surface area contributed by atoms with Crippen LogP contribution in [0.4, 0.5) is 0 Å². The van der Waals surface area contributed by atoms with Crippen LogP contribution in [0.15, 0.2) is 24.4 Å². The first-order valence-electron chi connectivity index (χ1n) is 6.61. The van der Waals surface area contributed by atoms with Crippen LogP contribution in [0.25, 0.3) is 0 Å². The summed E-state index contributed by atoms with van der Waals surface area (Å²) in [7, 11) is 0. The van der Waals surface area contributed by atoms with E-state index in [-0.39, 0.29) is 24.4 Å². The van der Waals surface area contributed by atoms with Crippen molar-refractivity contribution in [3.05, 3.63) is 30.1 Å². The zero-order valence-electron chi connectivity index (χ0n) is 11.5. The van der Waals surface area contributed by atoms with E-state index in [2.05, 4.69) is 24.1 Å². The Balaban J connectivity index is 0.00000180. The van der Waals surface area contributed by atoms with Crippen molar-refractivity contribution >= 4 is 18.3 Å². The van der Waals surface area contributed by atoms with E-state index >= 15 is 0 Å². The highest BCUT2D eigenvalue weighted by Gasteiger charge is 2.27. The summed E-state index contributed by atoms with van der Waals surface area (Å²) in [4.78, 5) is 18.4. The number of nitrogens with zero attached hydrogens (tertiary/aromatic N) is 2. The van der Waals surface area contributed by atoms with E-state index in [0.717, 1.165) is 25.2 Å². The highest BCUT2D eigenvalue weighted by atomic mass is 35.5. The Bertz CT molecular complexity index is 399. The molecule has 106 valence electrons. The molecule has 0 aliphatic carbocycles. The van der Waals surface area contributed by atoms with Gasteiger partial charge in [-0.25, -0.2) is 0 Å². The first-order valence-corrected chi connectivity index (χ1v) is 6.61. The summed E-state index contributed by atoms with van der Waals surface area (Å²) in [6, 6.07) is 6.47. The second-order valence-electron chi connectivity index (χ2n) is 4.89. The lowest BCUT2D eigenvalue weighted by molar-refractivity contribution is -0.134. The normalized spacial score (nSPS) is 22.7. The summed E-state index contributed by atoms with van der Waals surface area (Å²) in [6.45, 7) is 5.94. The van der Waals surface area contributed by atoms with Crippen molar-refractivity contribution in [1.29, 1.82) is 0 Å². The quantitative estimate of drug-likeness (QED) is 0.917. The molecule has 1 N–H and O–H groups in total. The maximum atomic E-state index is 12.2. The van der Waals surface area contributed by atoms with Crippen LogP contribution in [0.1, 0.15) is 26.0 Å². The van der Waals surface area contributed by atoms with Gasteiger partial charge in [-0.3, -0.25) is 9.78 Å². The molecule has 0 saturated carbocycles. The second-order valence-corrected chi connectivity index (χ2v) is 4.89. The van der Waals surface area contributed by atoms with Crippen LogP contribution in [0.5, 0.6) is 0 Å². The highest BCUT2D eigenvalue weighted by molar-refractivity contribution is 5.85. The van der Waals surface area contributed by atoms with Gasteiger partial charge in [0.15, 0.2) is 0 Å². The third-order valence-corrected chi connectivity index (χ3v) is 3.68. The molecule has 1 aliphatic heterocycles. The molecule has 2 rings (SSSR count). The standard InChI is InChI=1S/C14H21N3O.ClH/c1-11-12(2)17(10-9-15-11)14(18)7-6-13-5-3-4-8-16-13;/h3-5,8,11-12,15H,6-7,9-10H2,1-2H3;1H. The van der Waals surface area contributed by atoms with Gasteiger partial charge in [-0.05, 0) is 32.4 Å². The molecule has 1 aromatic heterocycles. The van der Waals surface area contributed by atoms with Crippen molar-refractivity contribution in [2.45, 2.75) is 38.8 Å². The Hall–Kier alpha value is -1.13. The average Bonchev–Trinajstić information content (AvgIpc) is 2.40. The van der Waals surface area contributed by atoms with Crippen LogP contribution < -0.4 is 5.32 Å². The van der Waals surface area contributed by atoms with Crippen molar-refractivity contribution < 1.29 is 4.79 Å². The lowest BCUT2D eigenvalue weighted by Gasteiger charge is -2.38. The van der Waals surface area contributed by atoms with E-state index in [1.54, 1.807) is 6.20 Å². The number of halogens is 1. The molecule has 2 unspecified atom stereocenters. The van der Waals surface area contributed by atoms with Gasteiger partial charge in [0, 0.05) is 43.5 Å². The van der Waals surface area contributed by atoms with Crippen molar-refractivity contribution in [3.63, 3.8) is 0 Å². The molecule has 2 atom stereocenters. The van der Waals surface area contributed by atoms with E-state index in [9.17, 15) is 4.79 Å². The van der Waals surface area contributed by atoms with E-state index in [1.165, 1.54) is 0 Å². The average molecular weight is 284 g/mol. The number of rotatable bonds is 3. The summed E-state index contributed by atoms with van der Waals surface area (Å²) in [5.41, 5.74) is 0.988. The van der Waals surface area contributed by atoms with Crippen LogP contribution in [-0.4, -0.2) is 41.0 Å². The molecule has 1 aromatic rings. The van der Waals surface area contributed by atoms with Crippen LogP contribution in [0.3, 0.4) is 0 Å². The van der Waals surface area contributed by atoms with Gasteiger partial charge in [0.25, 0.3) is 0 Å². The van der Waals surface area contributed by atoms with Gasteiger partial charge in [0.1, 0.15) is 0 Å². The second kappa shape index (κ2) is 7.46. The van der Waals surface area contributed by atoms with Crippen molar-refractivity contribution in [1.82, 2.24) is 15.2 Å². The largest absolute Gasteiger partial charge is 0.337 e. The van der Waals surface area contributed by atoms with Gasteiger partial charge >= 0.3 is 0 Å². The van der Waals surface area contributed by atoms with Crippen molar-refractivity contribution in [2.24, 2.45) is 0 Å². The fraction of sp³-hybridized carbons (Fsp3) is 0.571. The van der Waals surface area contributed by atoms with Crippen LogP contribution in [0, 0.1) is 0 Å². The molecule has 0 spiro atoms. The van der Waals surface area contributed by atoms with Crippen LogP contribution in [0.2, 0.25) is 0 Å². The predicted octanol–water partition coefficient (Wildman–Crippen LogP) is 1.64. The van der Waals surface area contributed by atoms with Gasteiger partial charge in [-0.15, -0.1) is 12.4 Å². The third-order valence-electron chi connectivity index (χ3n) is 3.68. The summed E-state index contributed by atoms with van der Waals surface area (Å²) < 4.78 is 0. The minimum atomic E-state index is 0. The Morgan fingerprint density at radius 3 is 2.95 bits per heavy atom. The zero-order chi connectivity index (χ0) is 13.0. The summed E-state index contributed by atoms with van der Waals surface area (Å²) >= 11 is 0. The van der Waals surface area contributed by atoms with Crippen LogP contribution in [-0.2, 0) is 11.2 Å². The molecule has 0 bridgehead atoms. The molecule has 1 fully saturated rings. The fourth-order valence-corrected chi connectivity index (χ4v) is 2.33. The highest BCUT2D eigenvalue weighted by Crippen LogP contribution is 2.11. The Labute approximate surface area is 121 Å². The molecular weight excluding hydrogens is 262 g/mol. The smallest absolute Gasteiger partial charge is 0.223 e. The number of aromatic nitrogens is 1. The number of piperazine rings is 1. The van der Waals surface area contributed by atoms with E-state index in [4.69, 9.17) is 0 Å². The van der Waals surface area contributed by atoms with E-state index in [1.807, 2.05) is 23.1 Å². The van der Waals surface area contributed by atoms with Gasteiger partial charge in [0.05, 0.1) is 0 Å². The van der Waals surface area contributed by atoms with Gasteiger partial charge in [-0.2, -0.15) is 0 Å². The molecule has 1 aliphatic rings. The minimum Gasteiger partial charge on any atom is -0.337 e. The summed E-state index contributed by atoms with van der Waals surface area (Å²) in [6.07, 6.45) is 3.05.